The first-order chi connectivity index (χ1) is 9.09. The Morgan fingerprint density at radius 3 is 1.58 bits per heavy atom. The van der Waals surface area contributed by atoms with Gasteiger partial charge in [-0.05, 0) is 80.1 Å². The first-order valence-corrected chi connectivity index (χ1v) is 8.13. The predicted octanol–water partition coefficient (Wildman–Crippen LogP) is 2.52. The summed E-state index contributed by atoms with van der Waals surface area (Å²) in [4.78, 5) is 7.39. The van der Waals surface area contributed by atoms with Gasteiger partial charge in [0, 0.05) is 6.04 Å². The van der Waals surface area contributed by atoms with Crippen LogP contribution >= 0.6 is 0 Å². The first kappa shape index (κ1) is 16.9. The summed E-state index contributed by atoms with van der Waals surface area (Å²) in [5.74, 6) is 0. The molecule has 0 bridgehead atoms. The summed E-state index contributed by atoms with van der Waals surface area (Å²) in [6.07, 6.45) is 9.84. The van der Waals surface area contributed by atoms with Gasteiger partial charge in [0.1, 0.15) is 0 Å². The van der Waals surface area contributed by atoms with Crippen molar-refractivity contribution in [3.63, 3.8) is 0 Å². The summed E-state index contributed by atoms with van der Waals surface area (Å²) in [6.45, 7) is 5.01. The van der Waals surface area contributed by atoms with E-state index in [0.29, 0.717) is 0 Å². The average molecular weight is 269 g/mol. The second kappa shape index (κ2) is 9.73. The Labute approximate surface area is 120 Å². The monoisotopic (exact) mass is 269 g/mol. The van der Waals surface area contributed by atoms with E-state index in [0.717, 1.165) is 6.04 Å². The van der Waals surface area contributed by atoms with Gasteiger partial charge in [-0.15, -0.1) is 0 Å². The molecule has 0 aliphatic heterocycles. The van der Waals surface area contributed by atoms with Crippen LogP contribution in [0.15, 0.2) is 0 Å². The molecule has 0 aromatic carbocycles. The Balaban J connectivity index is 2.32. The maximum Gasteiger partial charge on any atom is 0.00952 e. The highest BCUT2D eigenvalue weighted by Crippen LogP contribution is 2.22. The Bertz CT molecular complexity index is 196. The lowest BCUT2D eigenvalue weighted by Gasteiger charge is -2.35. The first-order valence-electron chi connectivity index (χ1n) is 8.13. The zero-order valence-corrected chi connectivity index (χ0v) is 13.7. The van der Waals surface area contributed by atoms with Crippen molar-refractivity contribution in [2.24, 2.45) is 0 Å². The normalized spacial score (nSPS) is 17.8. The highest BCUT2D eigenvalue weighted by Gasteiger charge is 2.20. The molecule has 0 amide bonds. The third kappa shape index (κ3) is 7.91. The molecule has 1 aliphatic carbocycles. The van der Waals surface area contributed by atoms with Crippen molar-refractivity contribution in [1.29, 1.82) is 0 Å². The Morgan fingerprint density at radius 2 is 1.16 bits per heavy atom. The Hall–Kier alpha value is -0.120. The van der Waals surface area contributed by atoms with Gasteiger partial charge in [0.25, 0.3) is 0 Å². The molecule has 3 nitrogen and oxygen atoms in total. The summed E-state index contributed by atoms with van der Waals surface area (Å²) in [7, 11) is 8.71. The van der Waals surface area contributed by atoms with Crippen molar-refractivity contribution in [2.45, 2.75) is 51.0 Å². The molecule has 0 heterocycles. The molecule has 0 unspecified atom stereocenters. The minimum Gasteiger partial charge on any atom is -0.309 e. The molecule has 1 rings (SSSR count). The molecular formula is C16H35N3. The Kier molecular flexibility index (Phi) is 8.67. The molecule has 0 saturated heterocycles. The highest BCUT2D eigenvalue weighted by atomic mass is 15.2. The fourth-order valence-corrected chi connectivity index (χ4v) is 3.10. The Morgan fingerprint density at radius 1 is 0.684 bits per heavy atom. The minimum absolute atomic E-state index is 0.873. The second-order valence-electron chi connectivity index (χ2n) is 6.64. The quantitative estimate of drug-likeness (QED) is 0.637. The summed E-state index contributed by atoms with van der Waals surface area (Å²) >= 11 is 0. The van der Waals surface area contributed by atoms with Gasteiger partial charge in [0.05, 0.1) is 0 Å². The van der Waals surface area contributed by atoms with Crippen LogP contribution in [-0.2, 0) is 0 Å². The SMILES string of the molecule is CN(C)CCCN(CCCN(C)C)C1CCCCC1. The lowest BCUT2D eigenvalue weighted by atomic mass is 9.94. The van der Waals surface area contributed by atoms with Gasteiger partial charge in [-0.1, -0.05) is 19.3 Å². The summed E-state index contributed by atoms with van der Waals surface area (Å²) < 4.78 is 0. The van der Waals surface area contributed by atoms with E-state index in [1.807, 2.05) is 0 Å². The van der Waals surface area contributed by atoms with Gasteiger partial charge in [-0.3, -0.25) is 0 Å². The van der Waals surface area contributed by atoms with Gasteiger partial charge in [-0.2, -0.15) is 0 Å². The molecule has 0 N–H and O–H groups in total. The lowest BCUT2D eigenvalue weighted by molar-refractivity contribution is 0.144. The van der Waals surface area contributed by atoms with Crippen molar-refractivity contribution in [3.8, 4) is 0 Å². The zero-order valence-electron chi connectivity index (χ0n) is 13.7. The molecule has 1 saturated carbocycles. The van der Waals surface area contributed by atoms with Crippen LogP contribution in [0.5, 0.6) is 0 Å². The third-order valence-corrected chi connectivity index (χ3v) is 4.19. The predicted molar refractivity (Wildman–Crippen MR) is 84.8 cm³/mol. The van der Waals surface area contributed by atoms with Gasteiger partial charge < -0.3 is 14.7 Å². The van der Waals surface area contributed by atoms with Crippen molar-refractivity contribution in [3.05, 3.63) is 0 Å². The lowest BCUT2D eigenvalue weighted by Crippen LogP contribution is -2.39. The van der Waals surface area contributed by atoms with Crippen LogP contribution in [0.25, 0.3) is 0 Å². The summed E-state index contributed by atoms with van der Waals surface area (Å²) in [5.41, 5.74) is 0. The van der Waals surface area contributed by atoms with E-state index in [2.05, 4.69) is 42.9 Å². The van der Waals surface area contributed by atoms with Gasteiger partial charge in [0.2, 0.25) is 0 Å². The molecule has 0 spiro atoms. The van der Waals surface area contributed by atoms with Crippen molar-refractivity contribution in [2.75, 3.05) is 54.4 Å². The second-order valence-corrected chi connectivity index (χ2v) is 6.64. The molecule has 1 aliphatic rings. The van der Waals surface area contributed by atoms with E-state index in [1.54, 1.807) is 0 Å². The van der Waals surface area contributed by atoms with Crippen LogP contribution in [-0.4, -0.2) is 75.1 Å². The fourth-order valence-electron chi connectivity index (χ4n) is 3.10. The summed E-state index contributed by atoms with van der Waals surface area (Å²) in [6, 6.07) is 0.873. The van der Waals surface area contributed by atoms with E-state index >= 15 is 0 Å². The number of hydrogen-bond acceptors (Lipinski definition) is 3. The van der Waals surface area contributed by atoms with Crippen molar-refractivity contribution < 1.29 is 0 Å². The number of nitrogens with zero attached hydrogens (tertiary/aromatic N) is 3. The molecule has 114 valence electrons. The largest absolute Gasteiger partial charge is 0.309 e. The topological polar surface area (TPSA) is 9.72 Å². The summed E-state index contributed by atoms with van der Waals surface area (Å²) in [5, 5.41) is 0. The van der Waals surface area contributed by atoms with Crippen LogP contribution in [0, 0.1) is 0 Å². The van der Waals surface area contributed by atoms with Gasteiger partial charge in [-0.25, -0.2) is 0 Å². The highest BCUT2D eigenvalue weighted by molar-refractivity contribution is 4.76. The maximum absolute atomic E-state index is 2.78. The van der Waals surface area contributed by atoms with Gasteiger partial charge in [0.15, 0.2) is 0 Å². The van der Waals surface area contributed by atoms with E-state index in [9.17, 15) is 0 Å². The van der Waals surface area contributed by atoms with Crippen LogP contribution in [0.3, 0.4) is 0 Å². The van der Waals surface area contributed by atoms with Crippen LogP contribution in [0.2, 0.25) is 0 Å². The molecule has 3 heteroatoms. The smallest absolute Gasteiger partial charge is 0.00952 e. The molecule has 1 fully saturated rings. The molecule has 19 heavy (non-hydrogen) atoms. The molecule has 0 atom stereocenters. The third-order valence-electron chi connectivity index (χ3n) is 4.19. The average Bonchev–Trinajstić information content (AvgIpc) is 2.37. The van der Waals surface area contributed by atoms with Crippen LogP contribution < -0.4 is 0 Å². The number of rotatable bonds is 9. The zero-order chi connectivity index (χ0) is 14.1. The molecule has 0 aromatic rings. The van der Waals surface area contributed by atoms with E-state index in [-0.39, 0.29) is 0 Å². The van der Waals surface area contributed by atoms with Crippen LogP contribution in [0.1, 0.15) is 44.9 Å². The van der Waals surface area contributed by atoms with Crippen molar-refractivity contribution in [1.82, 2.24) is 14.7 Å². The number of hydrogen-bond donors (Lipinski definition) is 0. The maximum atomic E-state index is 2.78. The molecule has 0 radical (unpaired) electrons. The fraction of sp³-hybridized carbons (Fsp3) is 1.00. The van der Waals surface area contributed by atoms with E-state index in [4.69, 9.17) is 0 Å². The van der Waals surface area contributed by atoms with E-state index < -0.39 is 0 Å². The van der Waals surface area contributed by atoms with E-state index in [1.165, 1.54) is 71.1 Å². The molecule has 0 aromatic heterocycles. The minimum atomic E-state index is 0.873. The van der Waals surface area contributed by atoms with Crippen molar-refractivity contribution >= 4 is 0 Å². The van der Waals surface area contributed by atoms with Crippen LogP contribution in [0.4, 0.5) is 0 Å². The standard InChI is InChI=1S/C16H35N3/c1-17(2)12-8-14-19(15-9-13-18(3)4)16-10-6-5-7-11-16/h16H,5-15H2,1-4H3. The molecular weight excluding hydrogens is 234 g/mol. The van der Waals surface area contributed by atoms with Gasteiger partial charge >= 0.3 is 0 Å².